The molecule has 2 saturated heterocycles. The molecule has 1 N–H and O–H groups in total. The van der Waals surface area contributed by atoms with Crippen LogP contribution in [0.25, 0.3) is 0 Å². The summed E-state index contributed by atoms with van der Waals surface area (Å²) in [5.74, 6) is 0.251. The number of rotatable bonds is 4. The van der Waals surface area contributed by atoms with Crippen LogP contribution in [-0.4, -0.2) is 61.0 Å². The Bertz CT molecular complexity index is 341. The molecule has 102 valence electrons. The molecule has 2 rings (SSSR count). The van der Waals surface area contributed by atoms with Gasteiger partial charge in [0.05, 0.1) is 0 Å². The van der Waals surface area contributed by atoms with Crippen LogP contribution in [0.3, 0.4) is 0 Å². The van der Waals surface area contributed by atoms with Gasteiger partial charge in [-0.1, -0.05) is 13.8 Å². The Morgan fingerprint density at radius 1 is 1.39 bits per heavy atom. The minimum atomic E-state index is 0.251. The largest absolute Gasteiger partial charge is 0.337 e. The quantitative estimate of drug-likeness (QED) is 0.752. The second-order valence-corrected chi connectivity index (χ2v) is 5.25. The van der Waals surface area contributed by atoms with Crippen LogP contribution in [-0.2, 0) is 4.79 Å². The average Bonchev–Trinajstić information content (AvgIpc) is 2.77. The maximum atomic E-state index is 12.3. The Kier molecular flexibility index (Phi) is 4.40. The van der Waals surface area contributed by atoms with Crippen molar-refractivity contribution in [1.29, 1.82) is 0 Å². The number of nitrogens with zero attached hydrogens (tertiary/aromatic N) is 2. The van der Waals surface area contributed by atoms with Crippen LogP contribution in [0.5, 0.6) is 0 Å². The van der Waals surface area contributed by atoms with Crippen molar-refractivity contribution in [1.82, 2.24) is 15.1 Å². The van der Waals surface area contributed by atoms with E-state index in [0.717, 1.165) is 51.3 Å². The second kappa shape index (κ2) is 5.85. The highest BCUT2D eigenvalue weighted by atomic mass is 16.2. The molecule has 1 unspecified atom stereocenters. The van der Waals surface area contributed by atoms with Crippen molar-refractivity contribution in [2.75, 3.05) is 39.3 Å². The summed E-state index contributed by atoms with van der Waals surface area (Å²) in [5, 5.41) is 3.20. The van der Waals surface area contributed by atoms with Crippen molar-refractivity contribution < 1.29 is 4.79 Å². The van der Waals surface area contributed by atoms with Gasteiger partial charge in [0, 0.05) is 37.8 Å². The number of hydrogen-bond donors (Lipinski definition) is 1. The lowest BCUT2D eigenvalue weighted by Gasteiger charge is -2.27. The van der Waals surface area contributed by atoms with E-state index in [1.54, 1.807) is 0 Å². The summed E-state index contributed by atoms with van der Waals surface area (Å²) in [7, 11) is 0. The lowest BCUT2D eigenvalue weighted by molar-refractivity contribution is -0.126. The van der Waals surface area contributed by atoms with Gasteiger partial charge in [0.15, 0.2) is 0 Å². The van der Waals surface area contributed by atoms with E-state index in [1.807, 2.05) is 11.8 Å². The van der Waals surface area contributed by atoms with Gasteiger partial charge in [0.1, 0.15) is 0 Å². The molecule has 0 aromatic rings. The Hall–Kier alpha value is -0.870. The molecule has 1 amide bonds. The molecule has 4 nitrogen and oxygen atoms in total. The molecule has 0 aliphatic carbocycles. The van der Waals surface area contributed by atoms with Crippen LogP contribution in [0.15, 0.2) is 11.1 Å². The summed E-state index contributed by atoms with van der Waals surface area (Å²) in [5.41, 5.74) is 2.25. The van der Waals surface area contributed by atoms with E-state index in [1.165, 1.54) is 5.57 Å². The molecule has 0 saturated carbocycles. The maximum Gasteiger partial charge on any atom is 0.249 e. The van der Waals surface area contributed by atoms with E-state index < -0.39 is 0 Å². The van der Waals surface area contributed by atoms with E-state index in [9.17, 15) is 4.79 Å². The number of carbonyl (C=O) groups excluding carboxylic acids is 1. The highest BCUT2D eigenvalue weighted by molar-refractivity contribution is 5.94. The van der Waals surface area contributed by atoms with E-state index in [-0.39, 0.29) is 5.91 Å². The predicted molar refractivity (Wildman–Crippen MR) is 73.5 cm³/mol. The molecule has 0 spiro atoms. The van der Waals surface area contributed by atoms with Crippen LogP contribution in [0.2, 0.25) is 0 Å². The zero-order valence-corrected chi connectivity index (χ0v) is 11.8. The third-order valence-electron chi connectivity index (χ3n) is 4.31. The molecular formula is C14H25N3O. The van der Waals surface area contributed by atoms with E-state index in [0.29, 0.717) is 6.04 Å². The monoisotopic (exact) mass is 251 g/mol. The van der Waals surface area contributed by atoms with Gasteiger partial charge in [-0.05, 0) is 32.0 Å². The predicted octanol–water partition coefficient (Wildman–Crippen LogP) is 0.849. The third-order valence-corrected chi connectivity index (χ3v) is 4.31. The van der Waals surface area contributed by atoms with Gasteiger partial charge in [0.2, 0.25) is 5.91 Å². The van der Waals surface area contributed by atoms with Crippen LogP contribution < -0.4 is 5.32 Å². The summed E-state index contributed by atoms with van der Waals surface area (Å²) < 4.78 is 0. The number of amides is 1. The molecule has 2 aliphatic heterocycles. The number of hydrogen-bond acceptors (Lipinski definition) is 3. The fourth-order valence-corrected chi connectivity index (χ4v) is 2.87. The zero-order valence-electron chi connectivity index (χ0n) is 11.8. The summed E-state index contributed by atoms with van der Waals surface area (Å²) in [6, 6.07) is 0.557. The molecule has 2 fully saturated rings. The Morgan fingerprint density at radius 3 is 2.56 bits per heavy atom. The van der Waals surface area contributed by atoms with Gasteiger partial charge in [-0.25, -0.2) is 0 Å². The molecule has 2 heterocycles. The van der Waals surface area contributed by atoms with E-state index in [4.69, 9.17) is 0 Å². The van der Waals surface area contributed by atoms with Crippen molar-refractivity contribution in [2.24, 2.45) is 0 Å². The summed E-state index contributed by atoms with van der Waals surface area (Å²) in [4.78, 5) is 16.8. The highest BCUT2D eigenvalue weighted by Gasteiger charge is 2.30. The zero-order chi connectivity index (χ0) is 13.1. The molecule has 18 heavy (non-hydrogen) atoms. The Morgan fingerprint density at radius 2 is 2.06 bits per heavy atom. The third kappa shape index (κ3) is 2.59. The molecule has 0 aromatic heterocycles. The van der Waals surface area contributed by atoms with Gasteiger partial charge in [0.25, 0.3) is 0 Å². The van der Waals surface area contributed by atoms with Crippen molar-refractivity contribution in [3.63, 3.8) is 0 Å². The van der Waals surface area contributed by atoms with Crippen molar-refractivity contribution in [3.05, 3.63) is 11.1 Å². The number of likely N-dealkylation sites (N-methyl/N-ethyl adjacent to an activating group) is 1. The first kappa shape index (κ1) is 13.6. The SMILES string of the molecule is CCN(CC)C1CCN(C(=O)C(C)=C2CNC2)C1. The van der Waals surface area contributed by atoms with Crippen LogP contribution >= 0.6 is 0 Å². The fourth-order valence-electron chi connectivity index (χ4n) is 2.87. The molecule has 4 heteroatoms. The van der Waals surface area contributed by atoms with Gasteiger partial charge in [-0.3, -0.25) is 9.69 Å². The first-order chi connectivity index (χ1) is 8.67. The lowest BCUT2D eigenvalue weighted by Crippen LogP contribution is -2.41. The van der Waals surface area contributed by atoms with Crippen molar-refractivity contribution >= 4 is 5.91 Å². The standard InChI is InChI=1S/C14H25N3O/c1-4-16(5-2)13-6-7-17(10-13)14(18)11(3)12-8-15-9-12/h13,15H,4-10H2,1-3H3. The van der Waals surface area contributed by atoms with Gasteiger partial charge in [-0.2, -0.15) is 0 Å². The Balaban J connectivity index is 1.94. The minimum Gasteiger partial charge on any atom is -0.337 e. The average molecular weight is 251 g/mol. The number of likely N-dealkylation sites (tertiary alicyclic amines) is 1. The van der Waals surface area contributed by atoms with Gasteiger partial charge < -0.3 is 10.2 Å². The molecule has 0 bridgehead atoms. The minimum absolute atomic E-state index is 0.251. The normalized spacial score (nSPS) is 23.4. The van der Waals surface area contributed by atoms with E-state index >= 15 is 0 Å². The van der Waals surface area contributed by atoms with Crippen LogP contribution in [0.4, 0.5) is 0 Å². The first-order valence-electron chi connectivity index (χ1n) is 7.10. The number of nitrogens with one attached hydrogen (secondary N) is 1. The highest BCUT2D eigenvalue weighted by Crippen LogP contribution is 2.19. The summed E-state index contributed by atoms with van der Waals surface area (Å²) >= 11 is 0. The first-order valence-corrected chi connectivity index (χ1v) is 7.10. The maximum absolute atomic E-state index is 12.3. The van der Waals surface area contributed by atoms with Gasteiger partial charge in [-0.15, -0.1) is 0 Å². The molecule has 0 radical (unpaired) electrons. The molecule has 0 aromatic carbocycles. The Labute approximate surface area is 110 Å². The molecular weight excluding hydrogens is 226 g/mol. The van der Waals surface area contributed by atoms with E-state index in [2.05, 4.69) is 24.1 Å². The summed E-state index contributed by atoms with van der Waals surface area (Å²) in [6.07, 6.45) is 1.12. The van der Waals surface area contributed by atoms with Gasteiger partial charge >= 0.3 is 0 Å². The smallest absolute Gasteiger partial charge is 0.249 e. The second-order valence-electron chi connectivity index (χ2n) is 5.25. The van der Waals surface area contributed by atoms with Crippen LogP contribution in [0.1, 0.15) is 27.2 Å². The number of carbonyl (C=O) groups is 1. The fraction of sp³-hybridized carbons (Fsp3) is 0.786. The topological polar surface area (TPSA) is 35.6 Å². The van der Waals surface area contributed by atoms with Crippen LogP contribution in [0, 0.1) is 0 Å². The lowest BCUT2D eigenvalue weighted by atomic mass is 10.0. The van der Waals surface area contributed by atoms with Crippen molar-refractivity contribution in [3.8, 4) is 0 Å². The summed E-state index contributed by atoms with van der Waals surface area (Å²) in [6.45, 7) is 12.1. The molecule has 1 atom stereocenters. The molecule has 2 aliphatic rings. The van der Waals surface area contributed by atoms with Crippen molar-refractivity contribution in [2.45, 2.75) is 33.2 Å².